The highest BCUT2D eigenvalue weighted by atomic mass is 15.3. The van der Waals surface area contributed by atoms with E-state index in [4.69, 9.17) is 0 Å². The van der Waals surface area contributed by atoms with Crippen LogP contribution in [0.5, 0.6) is 0 Å². The summed E-state index contributed by atoms with van der Waals surface area (Å²) in [5.74, 6) is 0. The van der Waals surface area contributed by atoms with E-state index in [0.717, 1.165) is 12.4 Å². The highest BCUT2D eigenvalue weighted by Gasteiger charge is 2.12. The van der Waals surface area contributed by atoms with Crippen molar-refractivity contribution in [3.63, 3.8) is 0 Å². The summed E-state index contributed by atoms with van der Waals surface area (Å²) in [5, 5.41) is 3.21. The molecule has 2 rings (SSSR count). The number of nitrogens with zero attached hydrogens (tertiary/aromatic N) is 2. The molecule has 0 saturated carbocycles. The predicted molar refractivity (Wildman–Crippen MR) is 75.2 cm³/mol. The lowest BCUT2D eigenvalue weighted by atomic mass is 10.3. The first-order valence-electron chi connectivity index (χ1n) is 6.27. The molecule has 0 bridgehead atoms. The maximum atomic E-state index is 4.00. The van der Waals surface area contributed by atoms with E-state index in [1.165, 1.54) is 5.69 Å². The van der Waals surface area contributed by atoms with Crippen LogP contribution in [0.1, 0.15) is 41.5 Å². The molecule has 3 nitrogen and oxygen atoms in total. The third-order valence-corrected chi connectivity index (χ3v) is 1.72. The standard InChI is InChI=1S/C7H9N3.3C2H6/c1-10-5-9-6-4-8-3-2-7(6)10;3*1-2/h2-4,9H,5H2,1H3;3*1-2H3. The van der Waals surface area contributed by atoms with Gasteiger partial charge in [-0.05, 0) is 6.07 Å². The summed E-state index contributed by atoms with van der Waals surface area (Å²) in [7, 11) is 2.05. The minimum Gasteiger partial charge on any atom is -0.365 e. The van der Waals surface area contributed by atoms with Crippen molar-refractivity contribution in [2.24, 2.45) is 0 Å². The second-order valence-electron chi connectivity index (χ2n) is 2.43. The average molecular weight is 225 g/mol. The van der Waals surface area contributed by atoms with Gasteiger partial charge < -0.3 is 10.2 Å². The van der Waals surface area contributed by atoms with Crippen LogP contribution in [0.25, 0.3) is 0 Å². The number of aromatic nitrogens is 1. The van der Waals surface area contributed by atoms with E-state index in [9.17, 15) is 0 Å². The van der Waals surface area contributed by atoms with Gasteiger partial charge in [0.1, 0.15) is 0 Å². The lowest BCUT2D eigenvalue weighted by Crippen LogP contribution is -2.15. The molecular formula is C13H27N3. The van der Waals surface area contributed by atoms with Gasteiger partial charge in [-0.25, -0.2) is 0 Å². The van der Waals surface area contributed by atoms with Crippen LogP contribution in [0.4, 0.5) is 11.4 Å². The molecule has 0 atom stereocenters. The summed E-state index contributed by atoms with van der Waals surface area (Å²) < 4.78 is 0. The fraction of sp³-hybridized carbons (Fsp3) is 0.615. The Hall–Kier alpha value is -1.25. The third-order valence-electron chi connectivity index (χ3n) is 1.72. The first-order valence-corrected chi connectivity index (χ1v) is 6.27. The number of anilines is 2. The van der Waals surface area contributed by atoms with Crippen molar-refractivity contribution >= 4 is 11.4 Å². The van der Waals surface area contributed by atoms with Gasteiger partial charge >= 0.3 is 0 Å². The van der Waals surface area contributed by atoms with Crippen LogP contribution in [0.3, 0.4) is 0 Å². The molecule has 0 spiro atoms. The van der Waals surface area contributed by atoms with E-state index in [2.05, 4.69) is 22.2 Å². The van der Waals surface area contributed by atoms with Crippen molar-refractivity contribution in [1.29, 1.82) is 0 Å². The van der Waals surface area contributed by atoms with Crippen LogP contribution in [0.2, 0.25) is 0 Å². The molecule has 2 heterocycles. The Balaban J connectivity index is 0. The molecule has 16 heavy (non-hydrogen) atoms. The van der Waals surface area contributed by atoms with Crippen molar-refractivity contribution < 1.29 is 0 Å². The fourth-order valence-corrected chi connectivity index (χ4v) is 1.15. The summed E-state index contributed by atoms with van der Waals surface area (Å²) in [4.78, 5) is 6.15. The zero-order valence-corrected chi connectivity index (χ0v) is 11.8. The van der Waals surface area contributed by atoms with Crippen molar-refractivity contribution in [2.45, 2.75) is 41.5 Å². The largest absolute Gasteiger partial charge is 0.365 e. The van der Waals surface area contributed by atoms with Crippen LogP contribution in [-0.4, -0.2) is 18.7 Å². The number of pyridine rings is 1. The van der Waals surface area contributed by atoms with Gasteiger partial charge in [-0.2, -0.15) is 0 Å². The van der Waals surface area contributed by atoms with Crippen molar-refractivity contribution in [3.05, 3.63) is 18.5 Å². The van der Waals surface area contributed by atoms with Gasteiger partial charge in [-0.15, -0.1) is 0 Å². The number of fused-ring (bicyclic) bond motifs is 1. The van der Waals surface area contributed by atoms with Gasteiger partial charge in [0.15, 0.2) is 0 Å². The number of hydrogen-bond donors (Lipinski definition) is 1. The Morgan fingerprint density at radius 3 is 2.19 bits per heavy atom. The van der Waals surface area contributed by atoms with E-state index in [1.807, 2.05) is 60.0 Å². The minimum atomic E-state index is 0.890. The molecule has 0 fully saturated rings. The van der Waals surface area contributed by atoms with Gasteiger partial charge in [0.05, 0.1) is 24.2 Å². The van der Waals surface area contributed by atoms with Crippen LogP contribution in [0.15, 0.2) is 18.5 Å². The summed E-state index contributed by atoms with van der Waals surface area (Å²) in [6, 6.07) is 2.01. The van der Waals surface area contributed by atoms with Gasteiger partial charge in [-0.1, -0.05) is 41.5 Å². The Kier molecular flexibility index (Phi) is 12.7. The van der Waals surface area contributed by atoms with E-state index in [0.29, 0.717) is 0 Å². The molecule has 1 N–H and O–H groups in total. The van der Waals surface area contributed by atoms with Gasteiger partial charge in [0.2, 0.25) is 0 Å². The highest BCUT2D eigenvalue weighted by molar-refractivity contribution is 5.72. The molecule has 0 radical (unpaired) electrons. The molecule has 94 valence electrons. The lowest BCUT2D eigenvalue weighted by molar-refractivity contribution is 1.03. The SMILES string of the molecule is CC.CC.CC.CN1CNc2cnccc21. The number of rotatable bonds is 0. The first-order chi connectivity index (χ1) is 7.88. The van der Waals surface area contributed by atoms with Crippen molar-refractivity contribution in [1.82, 2.24) is 4.98 Å². The smallest absolute Gasteiger partial charge is 0.0875 e. The second-order valence-corrected chi connectivity index (χ2v) is 2.43. The number of nitrogens with one attached hydrogen (secondary N) is 1. The summed E-state index contributed by atoms with van der Waals surface area (Å²) in [6.07, 6.45) is 3.65. The third kappa shape index (κ3) is 5.01. The Bertz CT molecular complexity index is 249. The number of hydrogen-bond acceptors (Lipinski definition) is 3. The Morgan fingerprint density at radius 2 is 1.69 bits per heavy atom. The molecule has 0 unspecified atom stereocenters. The van der Waals surface area contributed by atoms with E-state index >= 15 is 0 Å². The quantitative estimate of drug-likeness (QED) is 0.724. The van der Waals surface area contributed by atoms with Crippen LogP contribution >= 0.6 is 0 Å². The summed E-state index contributed by atoms with van der Waals surface area (Å²) in [6.45, 7) is 12.9. The zero-order chi connectivity index (χ0) is 13.0. The van der Waals surface area contributed by atoms with Crippen LogP contribution < -0.4 is 10.2 Å². The lowest BCUT2D eigenvalue weighted by Gasteiger charge is -2.07. The summed E-state index contributed by atoms with van der Waals surface area (Å²) >= 11 is 0. The second kappa shape index (κ2) is 11.8. The first kappa shape index (κ1) is 17.2. The molecule has 1 aliphatic heterocycles. The van der Waals surface area contributed by atoms with Crippen LogP contribution in [0, 0.1) is 0 Å². The molecule has 0 amide bonds. The maximum absolute atomic E-state index is 4.00. The van der Waals surface area contributed by atoms with Gasteiger partial charge in [0.25, 0.3) is 0 Å². The molecule has 3 heteroatoms. The van der Waals surface area contributed by atoms with E-state index in [-0.39, 0.29) is 0 Å². The van der Waals surface area contributed by atoms with Crippen molar-refractivity contribution in [2.75, 3.05) is 23.9 Å². The summed E-state index contributed by atoms with van der Waals surface area (Å²) in [5.41, 5.74) is 2.36. The zero-order valence-electron chi connectivity index (χ0n) is 11.8. The molecule has 0 saturated heterocycles. The van der Waals surface area contributed by atoms with Crippen molar-refractivity contribution in [3.8, 4) is 0 Å². The highest BCUT2D eigenvalue weighted by Crippen LogP contribution is 2.27. The van der Waals surface area contributed by atoms with Crippen LogP contribution in [-0.2, 0) is 0 Å². The topological polar surface area (TPSA) is 28.2 Å². The monoisotopic (exact) mass is 225 g/mol. The molecule has 1 aromatic rings. The minimum absolute atomic E-state index is 0.890. The van der Waals surface area contributed by atoms with Gasteiger partial charge in [0, 0.05) is 13.2 Å². The Morgan fingerprint density at radius 1 is 1.12 bits per heavy atom. The van der Waals surface area contributed by atoms with Gasteiger partial charge in [-0.3, -0.25) is 4.98 Å². The van der Waals surface area contributed by atoms with E-state index < -0.39 is 0 Å². The normalized spacial score (nSPS) is 10.3. The van der Waals surface area contributed by atoms with E-state index in [1.54, 1.807) is 0 Å². The molecule has 1 aromatic heterocycles. The molecule has 0 aromatic carbocycles. The average Bonchev–Trinajstić information content (AvgIpc) is 2.79. The fourth-order valence-electron chi connectivity index (χ4n) is 1.15. The molecule has 1 aliphatic rings. The molecule has 0 aliphatic carbocycles. The Labute approximate surface area is 101 Å². The molecular weight excluding hydrogens is 198 g/mol. The maximum Gasteiger partial charge on any atom is 0.0875 e. The predicted octanol–water partition coefficient (Wildman–Crippen LogP) is 3.98.